The van der Waals surface area contributed by atoms with Gasteiger partial charge in [-0.3, -0.25) is 19.4 Å². The number of nitrogens with zero attached hydrogens (tertiary/aromatic N) is 2. The third kappa shape index (κ3) is 12.9. The SMILES string of the molecule is CC(c1cc(C(F)(F)F)c(C[C@H](C(=O)O)[C@H](c2cccc(OC[C@@H]3CCN(Cc4cc(C(F)(F)F)ccc4C(F)(F)F)C3)c2)C2CC2)cc1C(F)(F)F)N1CC(COc2cccc([C@H](C3CC3)[C@H](C)C(=O)O)c2)C1. The highest BCUT2D eigenvalue weighted by Gasteiger charge is 2.47. The average molecular weight is 1060 g/mol. The van der Waals surface area contributed by atoms with Crippen LogP contribution < -0.4 is 9.47 Å². The van der Waals surface area contributed by atoms with Gasteiger partial charge in [0.25, 0.3) is 0 Å². The van der Waals surface area contributed by atoms with E-state index < -0.39 is 112 Å². The summed E-state index contributed by atoms with van der Waals surface area (Å²) in [6.45, 7) is 3.69. The maximum absolute atomic E-state index is 15.0. The number of likely N-dealkylation sites (tertiary alicyclic amines) is 2. The molecular weight excluding hydrogens is 1000 g/mol. The van der Waals surface area contributed by atoms with Crippen molar-refractivity contribution in [1.29, 1.82) is 0 Å². The number of aliphatic carboxylic acids is 2. The predicted molar refractivity (Wildman–Crippen MR) is 246 cm³/mol. The highest BCUT2D eigenvalue weighted by molar-refractivity contribution is 5.72. The van der Waals surface area contributed by atoms with Gasteiger partial charge in [-0.05, 0) is 152 Å². The molecule has 4 aromatic carbocycles. The van der Waals surface area contributed by atoms with Gasteiger partial charge in [0.1, 0.15) is 11.5 Å². The molecule has 0 spiro atoms. The molecule has 4 aromatic rings. The van der Waals surface area contributed by atoms with Crippen LogP contribution in [0.1, 0.15) is 114 Å². The van der Waals surface area contributed by atoms with Crippen LogP contribution in [0.4, 0.5) is 52.7 Å². The normalized spacial score (nSPS) is 20.4. The molecule has 1 unspecified atom stereocenters. The molecule has 8 rings (SSSR count). The molecule has 2 heterocycles. The van der Waals surface area contributed by atoms with Gasteiger partial charge in [0.2, 0.25) is 0 Å². The fourth-order valence-corrected chi connectivity index (χ4v) is 11.0. The zero-order valence-corrected chi connectivity index (χ0v) is 40.4. The molecule has 0 radical (unpaired) electrons. The van der Waals surface area contributed by atoms with Gasteiger partial charge in [0.15, 0.2) is 0 Å². The molecule has 2 aliphatic carbocycles. The van der Waals surface area contributed by atoms with Gasteiger partial charge < -0.3 is 19.7 Å². The number of hydrogen-bond donors (Lipinski definition) is 2. The minimum absolute atomic E-state index is 0.0169. The summed E-state index contributed by atoms with van der Waals surface area (Å²) >= 11 is 0. The zero-order chi connectivity index (χ0) is 53.7. The van der Waals surface area contributed by atoms with Crippen LogP contribution in [-0.4, -0.2) is 71.3 Å². The predicted octanol–water partition coefficient (Wildman–Crippen LogP) is 13.4. The second-order valence-corrected chi connectivity index (χ2v) is 20.6. The second kappa shape index (κ2) is 21.3. The topological polar surface area (TPSA) is 99.5 Å². The second-order valence-electron chi connectivity index (χ2n) is 20.6. The first-order valence-electron chi connectivity index (χ1n) is 24.6. The van der Waals surface area contributed by atoms with Crippen LogP contribution in [0, 0.1) is 35.5 Å². The summed E-state index contributed by atoms with van der Waals surface area (Å²) in [7, 11) is 0. The molecule has 20 heteroatoms. The highest BCUT2D eigenvalue weighted by Crippen LogP contribution is 2.51. The fraction of sp³-hybridized carbons (Fsp3) is 0.519. The molecule has 4 fully saturated rings. The summed E-state index contributed by atoms with van der Waals surface area (Å²) in [6, 6.07) is 14.4. The molecule has 2 N–H and O–H groups in total. The molecule has 0 bridgehead atoms. The Morgan fingerprint density at radius 1 is 0.595 bits per heavy atom. The number of benzene rings is 4. The van der Waals surface area contributed by atoms with Crippen molar-refractivity contribution in [3.63, 3.8) is 0 Å². The van der Waals surface area contributed by atoms with Crippen LogP contribution in [0.25, 0.3) is 0 Å². The van der Waals surface area contributed by atoms with Crippen molar-refractivity contribution in [2.75, 3.05) is 39.4 Å². The van der Waals surface area contributed by atoms with E-state index in [9.17, 15) is 59.3 Å². The number of ether oxygens (including phenoxy) is 2. The standard InChI is InChI=1S/C54H56F12N2O6/c1-29(49(69)70)47(33-9-10-33)35-5-3-7-40(18-35)74-28-32-24-68(25-32)30(2)42-22-45(53(61,62)63)37(21-46(42)54(64,65)66)20-43(50(71)72)48(34-11-12-34)36-6-4-8-41(19-36)73-27-31-15-16-67(23-31)26-38-17-39(51(55,56)57)13-14-44(38)52(58,59)60/h3-8,13-14,17-19,21-22,29-34,43,47-48H,9-12,15-16,20,23-28H2,1-2H3,(H,69,70)(H,71,72)/t29-,30?,31+,43-,47-,48-/m0/s1. The molecule has 8 nitrogen and oxygen atoms in total. The Labute approximate surface area is 419 Å². The number of carbonyl (C=O) groups is 2. The van der Waals surface area contributed by atoms with E-state index in [-0.39, 0.29) is 74.7 Å². The lowest BCUT2D eigenvalue weighted by molar-refractivity contribution is -0.145. The fourth-order valence-electron chi connectivity index (χ4n) is 11.0. The third-order valence-corrected chi connectivity index (χ3v) is 15.2. The van der Waals surface area contributed by atoms with E-state index in [1.807, 2.05) is 6.07 Å². The number of hydrogen-bond acceptors (Lipinski definition) is 6. The van der Waals surface area contributed by atoms with Gasteiger partial charge in [0, 0.05) is 50.0 Å². The highest BCUT2D eigenvalue weighted by atomic mass is 19.4. The van der Waals surface area contributed by atoms with Gasteiger partial charge in [0.05, 0.1) is 47.3 Å². The van der Waals surface area contributed by atoms with E-state index in [0.29, 0.717) is 60.9 Å². The minimum atomic E-state index is -5.16. The largest absolute Gasteiger partial charge is 0.493 e. The minimum Gasteiger partial charge on any atom is -0.493 e. The van der Waals surface area contributed by atoms with Crippen LogP contribution in [0.15, 0.2) is 78.9 Å². The van der Waals surface area contributed by atoms with Gasteiger partial charge in [-0.2, -0.15) is 52.7 Å². The lowest BCUT2D eigenvalue weighted by Gasteiger charge is -2.44. The molecule has 74 heavy (non-hydrogen) atoms. The third-order valence-electron chi connectivity index (χ3n) is 15.2. The number of carboxylic acid groups (broad SMARTS) is 2. The van der Waals surface area contributed by atoms with Crippen LogP contribution in [0.3, 0.4) is 0 Å². The first-order chi connectivity index (χ1) is 34.6. The van der Waals surface area contributed by atoms with E-state index in [1.54, 1.807) is 53.1 Å². The van der Waals surface area contributed by atoms with E-state index in [4.69, 9.17) is 9.47 Å². The summed E-state index contributed by atoms with van der Waals surface area (Å²) < 4.78 is 184. The maximum Gasteiger partial charge on any atom is 0.416 e. The van der Waals surface area contributed by atoms with E-state index in [0.717, 1.165) is 18.4 Å². The first kappa shape index (κ1) is 54.8. The summed E-state index contributed by atoms with van der Waals surface area (Å²) in [5.74, 6) is -5.54. The molecule has 0 amide bonds. The van der Waals surface area contributed by atoms with Gasteiger partial charge in [-0.15, -0.1) is 0 Å². The van der Waals surface area contributed by atoms with Crippen LogP contribution >= 0.6 is 0 Å². The summed E-state index contributed by atoms with van der Waals surface area (Å²) in [4.78, 5) is 28.1. The van der Waals surface area contributed by atoms with Gasteiger partial charge in [-0.25, -0.2) is 0 Å². The lowest BCUT2D eigenvalue weighted by atomic mass is 9.77. The van der Waals surface area contributed by atoms with E-state index >= 15 is 13.2 Å². The molecular formula is C54H56F12N2O6. The number of alkyl halides is 12. The van der Waals surface area contributed by atoms with E-state index in [2.05, 4.69) is 0 Å². The Morgan fingerprint density at radius 3 is 1.68 bits per heavy atom. The van der Waals surface area contributed by atoms with Crippen molar-refractivity contribution in [2.45, 2.75) is 102 Å². The molecule has 2 saturated carbocycles. The Morgan fingerprint density at radius 2 is 1.15 bits per heavy atom. The van der Waals surface area contributed by atoms with Gasteiger partial charge in [-0.1, -0.05) is 31.2 Å². The molecule has 2 aliphatic heterocycles. The molecule has 4 aliphatic rings. The van der Waals surface area contributed by atoms with Crippen molar-refractivity contribution in [3.8, 4) is 11.5 Å². The van der Waals surface area contributed by atoms with Crippen molar-refractivity contribution < 1.29 is 82.0 Å². The zero-order valence-electron chi connectivity index (χ0n) is 40.4. The first-order valence-corrected chi connectivity index (χ1v) is 24.6. The smallest absolute Gasteiger partial charge is 0.416 e. The Balaban J connectivity index is 0.945. The summed E-state index contributed by atoms with van der Waals surface area (Å²) in [5.41, 5.74) is -5.82. The molecule has 2 saturated heterocycles. The summed E-state index contributed by atoms with van der Waals surface area (Å²) in [5, 5.41) is 20.3. The quantitative estimate of drug-likeness (QED) is 0.0845. The average Bonchev–Trinajstić information content (AvgIpc) is 4.25. The van der Waals surface area contributed by atoms with E-state index in [1.165, 1.54) is 13.0 Å². The lowest BCUT2D eigenvalue weighted by Crippen LogP contribution is -2.50. The Hall–Kier alpha value is -5.50. The molecule has 402 valence electrons. The number of halogens is 12. The van der Waals surface area contributed by atoms with Crippen molar-refractivity contribution in [3.05, 3.63) is 129 Å². The van der Waals surface area contributed by atoms with Gasteiger partial charge >= 0.3 is 36.6 Å². The number of carboxylic acids is 2. The molecule has 6 atom stereocenters. The van der Waals surface area contributed by atoms with Crippen molar-refractivity contribution in [1.82, 2.24) is 9.80 Å². The van der Waals surface area contributed by atoms with Crippen LogP contribution in [-0.2, 0) is 47.3 Å². The maximum atomic E-state index is 15.0. The van der Waals surface area contributed by atoms with Crippen LogP contribution in [0.2, 0.25) is 0 Å². The molecule has 0 aromatic heterocycles. The Kier molecular flexibility index (Phi) is 15.7. The Bertz CT molecular complexity index is 2660. The van der Waals surface area contributed by atoms with Crippen LogP contribution in [0.5, 0.6) is 11.5 Å². The summed E-state index contributed by atoms with van der Waals surface area (Å²) in [6.07, 6.45) is -17.6. The monoisotopic (exact) mass is 1060 g/mol. The van der Waals surface area contributed by atoms with Crippen molar-refractivity contribution in [2.24, 2.45) is 35.5 Å². The number of rotatable bonds is 20. The van der Waals surface area contributed by atoms with Crippen molar-refractivity contribution >= 4 is 11.9 Å².